The number of nitrogens with two attached hydrogens (primary N) is 2. The van der Waals surface area contributed by atoms with Crippen molar-refractivity contribution in [1.82, 2.24) is 10.2 Å². The summed E-state index contributed by atoms with van der Waals surface area (Å²) >= 11 is 12.2. The van der Waals surface area contributed by atoms with Gasteiger partial charge in [0.1, 0.15) is 0 Å². The summed E-state index contributed by atoms with van der Waals surface area (Å²) in [6.45, 7) is 4.90. The van der Waals surface area contributed by atoms with Gasteiger partial charge in [0.2, 0.25) is 0 Å². The summed E-state index contributed by atoms with van der Waals surface area (Å²) in [7, 11) is 0. The van der Waals surface area contributed by atoms with Crippen LogP contribution in [0.5, 0.6) is 0 Å². The highest BCUT2D eigenvalue weighted by Crippen LogP contribution is 2.26. The number of rotatable bonds is 5. The van der Waals surface area contributed by atoms with Crippen molar-refractivity contribution in [3.8, 4) is 0 Å². The minimum Gasteiger partial charge on any atom is -0.325 e. The maximum atomic E-state index is 6.18. The Morgan fingerprint density at radius 1 is 1.33 bits per heavy atom. The molecule has 1 atom stereocenters. The van der Waals surface area contributed by atoms with Gasteiger partial charge in [-0.25, -0.2) is 0 Å². The van der Waals surface area contributed by atoms with Gasteiger partial charge < -0.3 is 11.5 Å². The van der Waals surface area contributed by atoms with Crippen molar-refractivity contribution in [1.29, 1.82) is 0 Å². The molecule has 0 radical (unpaired) electrons. The number of benzene rings is 1. The van der Waals surface area contributed by atoms with Crippen LogP contribution >= 0.6 is 23.2 Å². The average Bonchev–Trinajstić information content (AvgIpc) is 2.43. The largest absolute Gasteiger partial charge is 0.325 e. The van der Waals surface area contributed by atoms with Gasteiger partial charge in [0.15, 0.2) is 0 Å². The summed E-state index contributed by atoms with van der Waals surface area (Å²) in [5, 5.41) is 4.50. The second-order valence-corrected chi connectivity index (χ2v) is 6.94. The number of likely N-dealkylation sites (tertiary alicyclic amines) is 1. The topological polar surface area (TPSA) is 67.3 Å². The minimum absolute atomic E-state index is 0.0209. The maximum Gasteiger partial charge on any atom is 0.0625 e. The number of nitrogens with zero attached hydrogens (tertiary/aromatic N) is 1. The zero-order valence-electron chi connectivity index (χ0n) is 12.4. The van der Waals surface area contributed by atoms with Gasteiger partial charge in [0.25, 0.3) is 0 Å². The molecule has 1 aliphatic heterocycles. The fourth-order valence-corrected chi connectivity index (χ4v) is 2.88. The third-order valence-electron chi connectivity index (χ3n) is 4.05. The van der Waals surface area contributed by atoms with Crippen LogP contribution in [-0.2, 0) is 6.42 Å². The number of nitrogens with one attached hydrogen (secondary N) is 1. The molecule has 1 aromatic carbocycles. The fourth-order valence-electron chi connectivity index (χ4n) is 2.48. The van der Waals surface area contributed by atoms with Gasteiger partial charge in [-0.1, -0.05) is 35.3 Å². The Morgan fingerprint density at radius 3 is 2.67 bits per heavy atom. The Hall–Kier alpha value is -0.360. The molecule has 5 N–H and O–H groups in total. The molecule has 0 spiro atoms. The van der Waals surface area contributed by atoms with Crippen molar-refractivity contribution in [2.45, 2.75) is 37.9 Å². The molecular formula is C15H24Cl2N4. The Morgan fingerprint density at radius 2 is 2.00 bits per heavy atom. The SMILES string of the molecule is CC1(N)CCN(CNC(N)Cc2cccc(Cl)c2Cl)CC1. The first kappa shape index (κ1) is 17.0. The lowest BCUT2D eigenvalue weighted by atomic mass is 9.91. The molecule has 0 aromatic heterocycles. The predicted molar refractivity (Wildman–Crippen MR) is 89.5 cm³/mol. The van der Waals surface area contributed by atoms with Gasteiger partial charge in [-0.05, 0) is 31.4 Å². The van der Waals surface area contributed by atoms with E-state index in [2.05, 4.69) is 17.1 Å². The normalized spacial score (nSPS) is 20.4. The van der Waals surface area contributed by atoms with Gasteiger partial charge >= 0.3 is 0 Å². The highest BCUT2D eigenvalue weighted by Gasteiger charge is 2.25. The molecule has 0 saturated carbocycles. The van der Waals surface area contributed by atoms with Crippen LogP contribution in [0.4, 0.5) is 0 Å². The average molecular weight is 331 g/mol. The van der Waals surface area contributed by atoms with Crippen molar-refractivity contribution >= 4 is 23.2 Å². The van der Waals surface area contributed by atoms with Crippen LogP contribution in [0.15, 0.2) is 18.2 Å². The number of piperidine rings is 1. The van der Waals surface area contributed by atoms with E-state index < -0.39 is 0 Å². The first-order valence-corrected chi connectivity index (χ1v) is 8.06. The molecule has 0 aliphatic carbocycles. The predicted octanol–water partition coefficient (Wildman–Crippen LogP) is 2.18. The molecule has 21 heavy (non-hydrogen) atoms. The van der Waals surface area contributed by atoms with Gasteiger partial charge in [-0.3, -0.25) is 10.2 Å². The Bertz CT molecular complexity index is 469. The van der Waals surface area contributed by atoms with Crippen LogP contribution in [0.1, 0.15) is 25.3 Å². The van der Waals surface area contributed by atoms with Crippen LogP contribution < -0.4 is 16.8 Å². The summed E-state index contributed by atoms with van der Waals surface area (Å²) < 4.78 is 0. The zero-order valence-corrected chi connectivity index (χ0v) is 13.9. The molecule has 118 valence electrons. The first-order valence-electron chi connectivity index (χ1n) is 7.30. The molecule has 2 rings (SSSR count). The van der Waals surface area contributed by atoms with E-state index in [4.69, 9.17) is 34.7 Å². The molecule has 6 heteroatoms. The summed E-state index contributed by atoms with van der Waals surface area (Å²) in [4.78, 5) is 2.34. The highest BCUT2D eigenvalue weighted by atomic mass is 35.5. The molecule has 0 bridgehead atoms. The zero-order chi connectivity index (χ0) is 15.5. The third kappa shape index (κ3) is 5.09. The Labute approximate surface area is 136 Å². The lowest BCUT2D eigenvalue weighted by molar-refractivity contribution is 0.155. The van der Waals surface area contributed by atoms with Gasteiger partial charge in [0.05, 0.1) is 16.2 Å². The summed E-state index contributed by atoms with van der Waals surface area (Å²) in [5.74, 6) is 0. The van der Waals surface area contributed by atoms with Crippen LogP contribution in [0.2, 0.25) is 10.0 Å². The lowest BCUT2D eigenvalue weighted by Gasteiger charge is -2.37. The van der Waals surface area contributed by atoms with E-state index in [0.29, 0.717) is 16.5 Å². The van der Waals surface area contributed by atoms with Gasteiger partial charge in [-0.15, -0.1) is 0 Å². The summed E-state index contributed by atoms with van der Waals surface area (Å²) in [6.07, 6.45) is 2.54. The lowest BCUT2D eigenvalue weighted by Crippen LogP contribution is -2.52. The van der Waals surface area contributed by atoms with Gasteiger partial charge in [-0.2, -0.15) is 0 Å². The molecule has 4 nitrogen and oxygen atoms in total. The Balaban J connectivity index is 1.78. The smallest absolute Gasteiger partial charge is 0.0625 e. The second kappa shape index (κ2) is 7.27. The number of halogens is 2. The monoisotopic (exact) mass is 330 g/mol. The fraction of sp³-hybridized carbons (Fsp3) is 0.600. The minimum atomic E-state index is -0.146. The number of hydrogen-bond donors (Lipinski definition) is 3. The maximum absolute atomic E-state index is 6.18. The molecule has 1 fully saturated rings. The molecule has 1 saturated heterocycles. The molecule has 1 unspecified atom stereocenters. The quantitative estimate of drug-likeness (QED) is 0.724. The Kier molecular flexibility index (Phi) is 5.88. The van der Waals surface area contributed by atoms with E-state index in [9.17, 15) is 0 Å². The molecule has 1 aromatic rings. The standard InChI is InChI=1S/C15H24Cl2N4/c1-15(19)5-7-21(8-6-15)10-20-13(18)9-11-3-2-4-12(16)14(11)17/h2-4,13,20H,5-10,18-19H2,1H3. The van der Waals surface area contributed by atoms with E-state index in [1.165, 1.54) is 0 Å². The van der Waals surface area contributed by atoms with Crippen LogP contribution in [0.3, 0.4) is 0 Å². The molecular weight excluding hydrogens is 307 g/mol. The van der Waals surface area contributed by atoms with E-state index >= 15 is 0 Å². The van der Waals surface area contributed by atoms with E-state index in [0.717, 1.165) is 38.2 Å². The second-order valence-electron chi connectivity index (χ2n) is 6.16. The highest BCUT2D eigenvalue weighted by molar-refractivity contribution is 6.42. The van der Waals surface area contributed by atoms with E-state index in [1.54, 1.807) is 6.07 Å². The van der Waals surface area contributed by atoms with Gasteiger partial charge in [0, 0.05) is 31.7 Å². The van der Waals surface area contributed by atoms with Crippen molar-refractivity contribution in [2.24, 2.45) is 11.5 Å². The van der Waals surface area contributed by atoms with Crippen molar-refractivity contribution in [3.63, 3.8) is 0 Å². The van der Waals surface area contributed by atoms with E-state index in [1.807, 2.05) is 12.1 Å². The third-order valence-corrected chi connectivity index (χ3v) is 4.90. The first-order chi connectivity index (χ1) is 9.87. The van der Waals surface area contributed by atoms with E-state index in [-0.39, 0.29) is 11.7 Å². The van der Waals surface area contributed by atoms with Crippen molar-refractivity contribution in [2.75, 3.05) is 19.8 Å². The van der Waals surface area contributed by atoms with Crippen LogP contribution in [0.25, 0.3) is 0 Å². The van der Waals surface area contributed by atoms with Crippen molar-refractivity contribution in [3.05, 3.63) is 33.8 Å². The molecule has 1 heterocycles. The van der Waals surface area contributed by atoms with Crippen LogP contribution in [-0.4, -0.2) is 36.4 Å². The van der Waals surface area contributed by atoms with Crippen LogP contribution in [0, 0.1) is 0 Å². The molecule has 0 amide bonds. The number of hydrogen-bond acceptors (Lipinski definition) is 4. The summed E-state index contributed by atoms with van der Waals surface area (Å²) in [6, 6.07) is 5.63. The summed E-state index contributed by atoms with van der Waals surface area (Å²) in [5.41, 5.74) is 13.2. The van der Waals surface area contributed by atoms with Crippen molar-refractivity contribution < 1.29 is 0 Å². The molecule has 1 aliphatic rings.